The van der Waals surface area contributed by atoms with Gasteiger partial charge in [-0.3, -0.25) is 10.1 Å². The Balaban J connectivity index is 1.96. The van der Waals surface area contributed by atoms with Crippen molar-refractivity contribution in [3.05, 3.63) is 11.8 Å². The second kappa shape index (κ2) is 6.38. The quantitative estimate of drug-likeness (QED) is 0.925. The number of amides is 1. The van der Waals surface area contributed by atoms with E-state index in [0.717, 1.165) is 18.5 Å². The third-order valence-corrected chi connectivity index (χ3v) is 3.69. The van der Waals surface area contributed by atoms with Crippen LogP contribution in [0.4, 0.5) is 5.88 Å². The largest absolute Gasteiger partial charge is 0.381 e. The standard InChI is InChI=1S/C16H26N2O4/c1-15(2,3)12-10-13(22-18-12)17-14(19)16(4,5)21-11-6-8-20-9-7-11/h10-11H,6-9H2,1-5H3,(H,17,19). The molecule has 1 amide bonds. The van der Waals surface area contributed by atoms with Gasteiger partial charge in [-0.1, -0.05) is 25.9 Å². The summed E-state index contributed by atoms with van der Waals surface area (Å²) in [6, 6.07) is 1.75. The molecule has 1 aromatic heterocycles. The van der Waals surface area contributed by atoms with E-state index in [9.17, 15) is 4.79 Å². The minimum Gasteiger partial charge on any atom is -0.381 e. The molecule has 2 rings (SSSR count). The molecule has 1 N–H and O–H groups in total. The van der Waals surface area contributed by atoms with Gasteiger partial charge in [0, 0.05) is 24.7 Å². The first-order chi connectivity index (χ1) is 10.2. The summed E-state index contributed by atoms with van der Waals surface area (Å²) in [4.78, 5) is 12.4. The van der Waals surface area contributed by atoms with E-state index < -0.39 is 5.60 Å². The van der Waals surface area contributed by atoms with Crippen molar-refractivity contribution in [1.82, 2.24) is 5.16 Å². The molecule has 124 valence electrons. The first-order valence-electron chi connectivity index (χ1n) is 7.73. The Bertz CT molecular complexity index is 510. The van der Waals surface area contributed by atoms with Gasteiger partial charge in [0.05, 0.1) is 11.8 Å². The topological polar surface area (TPSA) is 73.6 Å². The molecule has 0 radical (unpaired) electrons. The Morgan fingerprint density at radius 2 is 1.91 bits per heavy atom. The number of hydrogen-bond acceptors (Lipinski definition) is 5. The van der Waals surface area contributed by atoms with Crippen molar-refractivity contribution < 1.29 is 18.8 Å². The number of ether oxygens (including phenoxy) is 2. The van der Waals surface area contributed by atoms with E-state index >= 15 is 0 Å². The van der Waals surface area contributed by atoms with Crippen LogP contribution in [0.1, 0.15) is 53.2 Å². The molecule has 1 saturated heterocycles. The highest BCUT2D eigenvalue weighted by Gasteiger charge is 2.33. The van der Waals surface area contributed by atoms with Gasteiger partial charge in [0.2, 0.25) is 5.88 Å². The van der Waals surface area contributed by atoms with E-state index in [1.807, 2.05) is 20.8 Å². The number of hydrogen-bond donors (Lipinski definition) is 1. The summed E-state index contributed by atoms with van der Waals surface area (Å²) in [5.74, 6) is 0.106. The van der Waals surface area contributed by atoms with Gasteiger partial charge in [-0.2, -0.15) is 0 Å². The number of rotatable bonds is 4. The van der Waals surface area contributed by atoms with Crippen molar-refractivity contribution in [2.24, 2.45) is 0 Å². The summed E-state index contributed by atoms with van der Waals surface area (Å²) >= 11 is 0. The Labute approximate surface area is 131 Å². The van der Waals surface area contributed by atoms with Crippen LogP contribution in [-0.4, -0.2) is 36.0 Å². The van der Waals surface area contributed by atoms with Gasteiger partial charge in [-0.25, -0.2) is 0 Å². The van der Waals surface area contributed by atoms with Crippen molar-refractivity contribution in [2.45, 2.75) is 64.6 Å². The predicted molar refractivity (Wildman–Crippen MR) is 82.8 cm³/mol. The molecule has 1 aliphatic heterocycles. The molecule has 1 aromatic rings. The third-order valence-electron chi connectivity index (χ3n) is 3.69. The summed E-state index contributed by atoms with van der Waals surface area (Å²) in [5.41, 5.74) is -0.261. The highest BCUT2D eigenvalue weighted by molar-refractivity contribution is 5.95. The average molecular weight is 310 g/mol. The minimum atomic E-state index is -0.934. The Morgan fingerprint density at radius 3 is 2.45 bits per heavy atom. The Hall–Kier alpha value is -1.40. The molecule has 1 fully saturated rings. The molecule has 2 heterocycles. The van der Waals surface area contributed by atoms with Crippen LogP contribution >= 0.6 is 0 Å². The molecule has 0 aliphatic carbocycles. The summed E-state index contributed by atoms with van der Waals surface area (Å²) in [7, 11) is 0. The van der Waals surface area contributed by atoms with Crippen LogP contribution in [0.2, 0.25) is 0 Å². The lowest BCUT2D eigenvalue weighted by molar-refractivity contribution is -0.151. The molecule has 0 unspecified atom stereocenters. The maximum Gasteiger partial charge on any atom is 0.258 e. The Kier molecular flexibility index (Phi) is 4.92. The number of nitrogens with zero attached hydrogens (tertiary/aromatic N) is 1. The van der Waals surface area contributed by atoms with Crippen molar-refractivity contribution in [2.75, 3.05) is 18.5 Å². The van der Waals surface area contributed by atoms with E-state index in [1.165, 1.54) is 0 Å². The molecular formula is C16H26N2O4. The number of aromatic nitrogens is 1. The zero-order valence-electron chi connectivity index (χ0n) is 14.1. The monoisotopic (exact) mass is 310 g/mol. The van der Waals surface area contributed by atoms with Crippen molar-refractivity contribution in [3.63, 3.8) is 0 Å². The molecule has 0 aromatic carbocycles. The fourth-order valence-corrected chi connectivity index (χ4v) is 2.21. The van der Waals surface area contributed by atoms with E-state index in [1.54, 1.807) is 19.9 Å². The Morgan fingerprint density at radius 1 is 1.27 bits per heavy atom. The van der Waals surface area contributed by atoms with Crippen LogP contribution < -0.4 is 5.32 Å². The van der Waals surface area contributed by atoms with Crippen molar-refractivity contribution >= 4 is 11.8 Å². The summed E-state index contributed by atoms with van der Waals surface area (Å²) < 4.78 is 16.4. The van der Waals surface area contributed by atoms with Crippen molar-refractivity contribution in [3.8, 4) is 0 Å². The predicted octanol–water partition coefficient (Wildman–Crippen LogP) is 2.88. The zero-order chi connectivity index (χ0) is 16.4. The summed E-state index contributed by atoms with van der Waals surface area (Å²) in [6.45, 7) is 11.0. The van der Waals surface area contributed by atoms with Gasteiger partial charge in [-0.15, -0.1) is 0 Å². The number of carbonyl (C=O) groups is 1. The lowest BCUT2D eigenvalue weighted by Gasteiger charge is -2.31. The number of carbonyl (C=O) groups excluding carboxylic acids is 1. The highest BCUT2D eigenvalue weighted by Crippen LogP contribution is 2.25. The van der Waals surface area contributed by atoms with Crippen molar-refractivity contribution in [1.29, 1.82) is 0 Å². The fourth-order valence-electron chi connectivity index (χ4n) is 2.21. The van der Waals surface area contributed by atoms with E-state index in [-0.39, 0.29) is 17.4 Å². The molecule has 0 spiro atoms. The van der Waals surface area contributed by atoms with E-state index in [2.05, 4.69) is 10.5 Å². The van der Waals surface area contributed by atoms with Gasteiger partial charge in [0.1, 0.15) is 5.60 Å². The lowest BCUT2D eigenvalue weighted by atomic mass is 9.92. The second-order valence-electron chi connectivity index (χ2n) is 7.22. The van der Waals surface area contributed by atoms with Crippen LogP contribution in [0.3, 0.4) is 0 Å². The number of anilines is 1. The molecule has 6 heteroatoms. The smallest absolute Gasteiger partial charge is 0.258 e. The maximum absolute atomic E-state index is 12.4. The molecule has 0 bridgehead atoms. The molecule has 6 nitrogen and oxygen atoms in total. The first-order valence-corrected chi connectivity index (χ1v) is 7.73. The van der Waals surface area contributed by atoms with Crippen LogP contribution in [0.5, 0.6) is 0 Å². The van der Waals surface area contributed by atoms with Crippen LogP contribution in [0.25, 0.3) is 0 Å². The second-order valence-corrected chi connectivity index (χ2v) is 7.22. The van der Waals surface area contributed by atoms with E-state index in [4.69, 9.17) is 14.0 Å². The highest BCUT2D eigenvalue weighted by atomic mass is 16.5. The molecular weight excluding hydrogens is 284 g/mol. The lowest BCUT2D eigenvalue weighted by Crippen LogP contribution is -2.43. The molecule has 0 atom stereocenters. The first kappa shape index (κ1) is 17.0. The van der Waals surface area contributed by atoms with Crippen LogP contribution in [0, 0.1) is 0 Å². The van der Waals surface area contributed by atoms with Gasteiger partial charge < -0.3 is 14.0 Å². The van der Waals surface area contributed by atoms with Gasteiger partial charge in [0.25, 0.3) is 5.91 Å². The third kappa shape index (κ3) is 4.30. The molecule has 22 heavy (non-hydrogen) atoms. The molecule has 1 aliphatic rings. The van der Waals surface area contributed by atoms with E-state index in [0.29, 0.717) is 19.1 Å². The minimum absolute atomic E-state index is 0.0503. The zero-order valence-corrected chi connectivity index (χ0v) is 14.1. The summed E-state index contributed by atoms with van der Waals surface area (Å²) in [5, 5.41) is 6.73. The number of nitrogens with one attached hydrogen (secondary N) is 1. The van der Waals surface area contributed by atoms with Gasteiger partial charge >= 0.3 is 0 Å². The van der Waals surface area contributed by atoms with Gasteiger partial charge in [-0.05, 0) is 26.7 Å². The summed E-state index contributed by atoms with van der Waals surface area (Å²) in [6.07, 6.45) is 1.68. The van der Waals surface area contributed by atoms with Crippen LogP contribution in [-0.2, 0) is 19.7 Å². The maximum atomic E-state index is 12.4. The normalized spacial score (nSPS) is 17.5. The fraction of sp³-hybridized carbons (Fsp3) is 0.750. The van der Waals surface area contributed by atoms with Gasteiger partial charge in [0.15, 0.2) is 0 Å². The average Bonchev–Trinajstić information content (AvgIpc) is 2.88. The SMILES string of the molecule is CC(C)(OC1CCOCC1)C(=O)Nc1cc(C(C)(C)C)no1. The van der Waals surface area contributed by atoms with Crippen LogP contribution in [0.15, 0.2) is 10.6 Å². The molecule has 0 saturated carbocycles.